The summed E-state index contributed by atoms with van der Waals surface area (Å²) < 4.78 is 4.95. The molecule has 0 fully saturated rings. The average Bonchev–Trinajstić information content (AvgIpc) is 2.75. The van der Waals surface area contributed by atoms with E-state index < -0.39 is 5.63 Å². The molecule has 0 aromatic carbocycles. The molecule has 0 aliphatic carbocycles. The van der Waals surface area contributed by atoms with Crippen LogP contribution in [0.4, 0.5) is 0 Å². The van der Waals surface area contributed by atoms with E-state index in [2.05, 4.69) is 17.2 Å². The first-order chi connectivity index (χ1) is 15.5. The number of aromatic hydroxyl groups is 1. The van der Waals surface area contributed by atoms with Gasteiger partial charge in [0.15, 0.2) is 5.11 Å². The van der Waals surface area contributed by atoms with Crippen LogP contribution in [0.2, 0.25) is 0 Å². The van der Waals surface area contributed by atoms with Crippen LogP contribution in [0.5, 0.6) is 5.75 Å². The van der Waals surface area contributed by atoms with Gasteiger partial charge in [-0.1, -0.05) is 103 Å². The Hall–Kier alpha value is -1.69. The van der Waals surface area contributed by atoms with Gasteiger partial charge in [-0.15, -0.1) is 0 Å². The Balaban J connectivity index is 1.92. The fourth-order valence-electron chi connectivity index (χ4n) is 3.76. The lowest BCUT2D eigenvalue weighted by Gasteiger charge is -2.05. The lowest BCUT2D eigenvalue weighted by Crippen LogP contribution is -2.21. The second-order valence-electron chi connectivity index (χ2n) is 8.74. The Morgan fingerprint density at radius 2 is 1.41 bits per heavy atom. The van der Waals surface area contributed by atoms with E-state index in [0.29, 0.717) is 10.9 Å². The summed E-state index contributed by atoms with van der Waals surface area (Å²) in [4.78, 5) is 15.7. The van der Waals surface area contributed by atoms with E-state index in [1.807, 2.05) is 0 Å². The summed E-state index contributed by atoms with van der Waals surface area (Å²) in [7, 11) is 0. The minimum atomic E-state index is -0.619. The van der Waals surface area contributed by atoms with Gasteiger partial charge in [-0.25, -0.2) is 9.79 Å². The van der Waals surface area contributed by atoms with Gasteiger partial charge in [0.05, 0.1) is 0 Å². The number of rotatable bonds is 18. The third-order valence-electron chi connectivity index (χ3n) is 5.71. The van der Waals surface area contributed by atoms with E-state index in [0.717, 1.165) is 13.0 Å². The van der Waals surface area contributed by atoms with E-state index in [9.17, 15) is 9.90 Å². The molecule has 0 unspecified atom stereocenters. The largest absolute Gasteiger partial charge is 0.507 e. The van der Waals surface area contributed by atoms with Crippen molar-refractivity contribution < 1.29 is 9.52 Å². The second-order valence-corrected chi connectivity index (χ2v) is 9.12. The van der Waals surface area contributed by atoms with Crippen LogP contribution in [-0.4, -0.2) is 23.0 Å². The SMILES string of the molecule is CCCCCCCCCCCCCCCCCCNC(=S)/N=C/c1c(O)cc(C)oc1=O. The molecule has 0 radical (unpaired) electrons. The maximum atomic E-state index is 11.7. The zero-order valence-electron chi connectivity index (χ0n) is 20.3. The van der Waals surface area contributed by atoms with Gasteiger partial charge in [0.1, 0.15) is 17.1 Å². The van der Waals surface area contributed by atoms with Crippen LogP contribution in [0, 0.1) is 6.92 Å². The van der Waals surface area contributed by atoms with E-state index in [-0.39, 0.29) is 11.3 Å². The summed E-state index contributed by atoms with van der Waals surface area (Å²) >= 11 is 5.15. The van der Waals surface area contributed by atoms with Gasteiger partial charge in [-0.3, -0.25) is 0 Å². The van der Waals surface area contributed by atoms with Crippen LogP contribution in [0.15, 0.2) is 20.3 Å². The molecule has 1 aromatic heterocycles. The van der Waals surface area contributed by atoms with Crippen molar-refractivity contribution in [1.82, 2.24) is 5.32 Å². The standard InChI is InChI=1S/C26H44N2O3S/c1-3-4-5-6-7-8-9-10-11-12-13-14-15-16-17-18-19-27-26(32)28-21-23-24(29)20-22(2)31-25(23)30/h20-21,29H,3-19H2,1-2H3,(H,27,32)/b28-21+. The lowest BCUT2D eigenvalue weighted by molar-refractivity contribution is 0.433. The summed E-state index contributed by atoms with van der Waals surface area (Å²) in [5.41, 5.74) is -0.603. The van der Waals surface area contributed by atoms with Gasteiger partial charge >= 0.3 is 5.63 Å². The molecule has 6 heteroatoms. The van der Waals surface area contributed by atoms with Crippen molar-refractivity contribution >= 4 is 23.5 Å². The van der Waals surface area contributed by atoms with Crippen LogP contribution >= 0.6 is 12.2 Å². The smallest absolute Gasteiger partial charge is 0.348 e. The van der Waals surface area contributed by atoms with Crippen molar-refractivity contribution in [1.29, 1.82) is 0 Å². The number of hydrogen-bond donors (Lipinski definition) is 2. The molecule has 0 atom stereocenters. The molecule has 32 heavy (non-hydrogen) atoms. The Morgan fingerprint density at radius 3 is 1.88 bits per heavy atom. The molecule has 0 aliphatic heterocycles. The molecule has 1 aromatic rings. The van der Waals surface area contributed by atoms with Crippen LogP contribution in [0.1, 0.15) is 121 Å². The lowest BCUT2D eigenvalue weighted by atomic mass is 10.0. The first-order valence-corrected chi connectivity index (χ1v) is 13.1. The fraction of sp³-hybridized carbons (Fsp3) is 0.731. The predicted molar refractivity (Wildman–Crippen MR) is 139 cm³/mol. The molecule has 182 valence electrons. The fourth-order valence-corrected chi connectivity index (χ4v) is 3.92. The number of aryl methyl sites for hydroxylation is 1. The summed E-state index contributed by atoms with van der Waals surface area (Å²) in [5, 5.41) is 13.2. The quantitative estimate of drug-likeness (QED) is 0.136. The molecule has 0 spiro atoms. The highest BCUT2D eigenvalue weighted by atomic mass is 32.1. The third kappa shape index (κ3) is 14.4. The van der Waals surface area contributed by atoms with E-state index in [1.165, 1.54) is 109 Å². The third-order valence-corrected chi connectivity index (χ3v) is 5.96. The molecule has 0 saturated heterocycles. The number of unbranched alkanes of at least 4 members (excludes halogenated alkanes) is 15. The zero-order valence-corrected chi connectivity index (χ0v) is 21.1. The Bertz CT molecular complexity index is 716. The summed E-state index contributed by atoms with van der Waals surface area (Å²) in [6, 6.07) is 1.38. The molecule has 0 bridgehead atoms. The molecule has 0 aliphatic rings. The predicted octanol–water partition coefficient (Wildman–Crippen LogP) is 7.21. The minimum Gasteiger partial charge on any atom is -0.507 e. The molecule has 0 amide bonds. The summed E-state index contributed by atoms with van der Waals surface area (Å²) in [5.74, 6) is 0.206. The van der Waals surface area contributed by atoms with Crippen molar-refractivity contribution in [3.05, 3.63) is 27.8 Å². The van der Waals surface area contributed by atoms with Crippen molar-refractivity contribution in [2.24, 2.45) is 4.99 Å². The van der Waals surface area contributed by atoms with E-state index in [1.54, 1.807) is 6.92 Å². The number of hydrogen-bond acceptors (Lipinski definition) is 4. The van der Waals surface area contributed by atoms with Crippen molar-refractivity contribution in [2.75, 3.05) is 6.54 Å². The maximum Gasteiger partial charge on any atom is 0.348 e. The normalized spacial score (nSPS) is 11.3. The van der Waals surface area contributed by atoms with Crippen LogP contribution in [0.3, 0.4) is 0 Å². The molecule has 1 rings (SSSR count). The highest BCUT2D eigenvalue weighted by Crippen LogP contribution is 2.14. The van der Waals surface area contributed by atoms with E-state index in [4.69, 9.17) is 16.6 Å². The van der Waals surface area contributed by atoms with Crippen LogP contribution in [-0.2, 0) is 0 Å². The summed E-state index contributed by atoms with van der Waals surface area (Å²) in [6.07, 6.45) is 22.8. The minimum absolute atomic E-state index is 0.0159. The van der Waals surface area contributed by atoms with Crippen molar-refractivity contribution in [2.45, 2.75) is 117 Å². The molecule has 5 nitrogen and oxygen atoms in total. The van der Waals surface area contributed by atoms with Gasteiger partial charge in [0, 0.05) is 18.8 Å². The average molecular weight is 465 g/mol. The zero-order chi connectivity index (χ0) is 23.4. The van der Waals surface area contributed by atoms with Crippen molar-refractivity contribution in [3.8, 4) is 5.75 Å². The Morgan fingerprint density at radius 1 is 0.938 bits per heavy atom. The molecule has 0 saturated carbocycles. The monoisotopic (exact) mass is 464 g/mol. The molecular weight excluding hydrogens is 420 g/mol. The first kappa shape index (κ1) is 28.3. The van der Waals surface area contributed by atoms with E-state index >= 15 is 0 Å². The topological polar surface area (TPSA) is 74.8 Å². The maximum absolute atomic E-state index is 11.7. The van der Waals surface area contributed by atoms with Gasteiger partial charge in [0.2, 0.25) is 0 Å². The molecule has 2 N–H and O–H groups in total. The number of aliphatic imine (C=N–C) groups is 1. The van der Waals surface area contributed by atoms with Gasteiger partial charge in [-0.05, 0) is 25.6 Å². The number of nitrogens with one attached hydrogen (secondary N) is 1. The van der Waals surface area contributed by atoms with Gasteiger partial charge < -0.3 is 14.8 Å². The first-order valence-electron chi connectivity index (χ1n) is 12.7. The molecule has 1 heterocycles. The van der Waals surface area contributed by atoms with Gasteiger partial charge in [0.25, 0.3) is 0 Å². The van der Waals surface area contributed by atoms with Crippen LogP contribution in [0.25, 0.3) is 0 Å². The summed E-state index contributed by atoms with van der Waals surface area (Å²) in [6.45, 7) is 4.64. The number of nitrogens with zero attached hydrogens (tertiary/aromatic N) is 1. The second kappa shape index (κ2) is 18.8. The highest BCUT2D eigenvalue weighted by molar-refractivity contribution is 7.80. The number of thiocarbonyl (C=S) groups is 1. The highest BCUT2D eigenvalue weighted by Gasteiger charge is 2.07. The Labute approximate surface area is 200 Å². The van der Waals surface area contributed by atoms with Gasteiger partial charge in [-0.2, -0.15) is 0 Å². The molecular formula is C26H44N2O3S. The Kier molecular flexibility index (Phi) is 16.7. The van der Waals surface area contributed by atoms with Crippen molar-refractivity contribution in [3.63, 3.8) is 0 Å². The van der Waals surface area contributed by atoms with Crippen LogP contribution < -0.4 is 10.9 Å².